The second kappa shape index (κ2) is 4.93. The van der Waals surface area contributed by atoms with Gasteiger partial charge in [0.15, 0.2) is 0 Å². The van der Waals surface area contributed by atoms with Gasteiger partial charge < -0.3 is 0 Å². The predicted molar refractivity (Wildman–Crippen MR) is 82.9 cm³/mol. The Hall–Kier alpha value is -1.18. The molecule has 1 unspecified atom stereocenters. The molecule has 0 spiro atoms. The van der Waals surface area contributed by atoms with Crippen LogP contribution in [-0.2, 0) is 4.79 Å². The molecule has 0 N–H and O–H groups in total. The predicted octanol–water partition coefficient (Wildman–Crippen LogP) is 4.36. The second-order valence-corrected chi connectivity index (χ2v) is 8.06. The molecule has 1 atom stereocenters. The van der Waals surface area contributed by atoms with Crippen LogP contribution in [0.5, 0.6) is 0 Å². The lowest BCUT2D eigenvalue weighted by atomic mass is 9.48. The Morgan fingerprint density at radius 2 is 1.67 bits per heavy atom. The van der Waals surface area contributed by atoms with E-state index in [2.05, 4.69) is 11.9 Å². The molecule has 4 bridgehead atoms. The van der Waals surface area contributed by atoms with Crippen LogP contribution in [0.4, 0.5) is 0 Å². The molecule has 0 saturated heterocycles. The van der Waals surface area contributed by atoms with E-state index in [1.807, 2.05) is 12.1 Å². The van der Waals surface area contributed by atoms with E-state index in [1.54, 1.807) is 12.4 Å². The number of pyridine rings is 1. The summed E-state index contributed by atoms with van der Waals surface area (Å²) >= 11 is 0. The van der Waals surface area contributed by atoms with E-state index in [0.29, 0.717) is 11.2 Å². The maximum atomic E-state index is 12.8. The van der Waals surface area contributed by atoms with Crippen LogP contribution in [0.3, 0.4) is 0 Å². The Labute approximate surface area is 127 Å². The molecule has 4 saturated carbocycles. The third-order valence-corrected chi connectivity index (χ3v) is 6.40. The molecular formula is C19H25NO. The highest BCUT2D eigenvalue weighted by molar-refractivity contribution is 5.85. The van der Waals surface area contributed by atoms with Gasteiger partial charge in [0.2, 0.25) is 0 Å². The van der Waals surface area contributed by atoms with Crippen molar-refractivity contribution in [3.8, 4) is 0 Å². The lowest BCUT2D eigenvalue weighted by Gasteiger charge is -2.57. The quantitative estimate of drug-likeness (QED) is 0.821. The van der Waals surface area contributed by atoms with Crippen molar-refractivity contribution in [3.63, 3.8) is 0 Å². The van der Waals surface area contributed by atoms with Gasteiger partial charge in [0.05, 0.1) is 0 Å². The first kappa shape index (κ1) is 13.5. The van der Waals surface area contributed by atoms with Gasteiger partial charge in [-0.25, -0.2) is 0 Å². The number of carbonyl (C=O) groups is 1. The SMILES string of the molecule is CC(C(=O)CC12CC3CC(CC(C3)C1)C2)c1ccncc1. The molecule has 0 radical (unpaired) electrons. The Kier molecular flexibility index (Phi) is 3.16. The van der Waals surface area contributed by atoms with Crippen molar-refractivity contribution < 1.29 is 4.79 Å². The summed E-state index contributed by atoms with van der Waals surface area (Å²) in [6.45, 7) is 2.07. The zero-order valence-electron chi connectivity index (χ0n) is 12.9. The van der Waals surface area contributed by atoms with Crippen molar-refractivity contribution in [3.05, 3.63) is 30.1 Å². The fourth-order valence-electron chi connectivity index (χ4n) is 5.87. The summed E-state index contributed by atoms with van der Waals surface area (Å²) in [5, 5.41) is 0. The molecule has 1 aromatic rings. The Morgan fingerprint density at radius 3 is 2.19 bits per heavy atom. The van der Waals surface area contributed by atoms with Crippen LogP contribution in [0, 0.1) is 23.2 Å². The van der Waals surface area contributed by atoms with Gasteiger partial charge >= 0.3 is 0 Å². The van der Waals surface area contributed by atoms with E-state index in [-0.39, 0.29) is 5.92 Å². The number of hydrogen-bond donors (Lipinski definition) is 0. The van der Waals surface area contributed by atoms with Crippen LogP contribution in [0.1, 0.15) is 63.4 Å². The largest absolute Gasteiger partial charge is 0.299 e. The van der Waals surface area contributed by atoms with E-state index < -0.39 is 0 Å². The topological polar surface area (TPSA) is 30.0 Å². The normalized spacial score (nSPS) is 38.4. The summed E-state index contributed by atoms with van der Waals surface area (Å²) in [6.07, 6.45) is 12.7. The van der Waals surface area contributed by atoms with E-state index in [9.17, 15) is 4.79 Å². The summed E-state index contributed by atoms with van der Waals surface area (Å²) in [4.78, 5) is 16.9. The number of nitrogens with zero attached hydrogens (tertiary/aromatic N) is 1. The van der Waals surface area contributed by atoms with Crippen LogP contribution in [0.15, 0.2) is 24.5 Å². The highest BCUT2D eigenvalue weighted by Gasteiger charge is 2.51. The summed E-state index contributed by atoms with van der Waals surface area (Å²) in [7, 11) is 0. The molecule has 2 heteroatoms. The Balaban J connectivity index is 1.49. The lowest BCUT2D eigenvalue weighted by Crippen LogP contribution is -2.47. The van der Waals surface area contributed by atoms with E-state index in [4.69, 9.17) is 0 Å². The van der Waals surface area contributed by atoms with Crippen LogP contribution >= 0.6 is 0 Å². The standard InChI is InChI=1S/C19H25NO/c1-13(17-2-4-20-5-3-17)18(21)12-19-9-14-6-15(10-19)8-16(7-14)11-19/h2-5,13-16H,6-12H2,1H3. The van der Waals surface area contributed by atoms with Gasteiger partial charge in [0.25, 0.3) is 0 Å². The molecule has 5 rings (SSSR count). The number of carbonyl (C=O) groups excluding carboxylic acids is 1. The number of ketones is 1. The van der Waals surface area contributed by atoms with E-state index in [1.165, 1.54) is 38.5 Å². The third kappa shape index (κ3) is 2.43. The minimum absolute atomic E-state index is 0.0287. The van der Waals surface area contributed by atoms with Gasteiger partial charge in [0, 0.05) is 24.7 Å². The number of Topliss-reactive ketones (excluding diaryl/α,β-unsaturated/α-hetero) is 1. The molecular weight excluding hydrogens is 258 g/mol. The monoisotopic (exact) mass is 283 g/mol. The van der Waals surface area contributed by atoms with Crippen molar-refractivity contribution in [1.29, 1.82) is 0 Å². The lowest BCUT2D eigenvalue weighted by molar-refractivity contribution is -0.128. The maximum Gasteiger partial charge on any atom is 0.140 e. The van der Waals surface area contributed by atoms with Crippen LogP contribution in [0.25, 0.3) is 0 Å². The van der Waals surface area contributed by atoms with Gasteiger partial charge in [-0.15, -0.1) is 0 Å². The summed E-state index contributed by atoms with van der Waals surface area (Å²) in [6, 6.07) is 3.98. The van der Waals surface area contributed by atoms with Gasteiger partial charge in [-0.2, -0.15) is 0 Å². The summed E-state index contributed by atoms with van der Waals surface area (Å²) < 4.78 is 0. The van der Waals surface area contributed by atoms with E-state index >= 15 is 0 Å². The number of rotatable bonds is 4. The highest BCUT2D eigenvalue weighted by Crippen LogP contribution is 2.61. The molecule has 4 aliphatic carbocycles. The molecule has 4 fully saturated rings. The maximum absolute atomic E-state index is 12.8. The molecule has 0 aromatic carbocycles. The minimum atomic E-state index is 0.0287. The van der Waals surface area contributed by atoms with Crippen molar-refractivity contribution in [2.75, 3.05) is 0 Å². The first-order valence-electron chi connectivity index (χ1n) is 8.56. The van der Waals surface area contributed by atoms with Gasteiger partial charge in [-0.3, -0.25) is 9.78 Å². The first-order chi connectivity index (χ1) is 10.1. The number of aromatic nitrogens is 1. The average Bonchev–Trinajstić information content (AvgIpc) is 2.45. The fraction of sp³-hybridized carbons (Fsp3) is 0.684. The second-order valence-electron chi connectivity index (χ2n) is 8.06. The highest BCUT2D eigenvalue weighted by atomic mass is 16.1. The molecule has 112 valence electrons. The third-order valence-electron chi connectivity index (χ3n) is 6.40. The zero-order valence-corrected chi connectivity index (χ0v) is 12.9. The smallest absolute Gasteiger partial charge is 0.140 e. The first-order valence-corrected chi connectivity index (χ1v) is 8.56. The minimum Gasteiger partial charge on any atom is -0.299 e. The summed E-state index contributed by atoms with van der Waals surface area (Å²) in [5.74, 6) is 3.27. The van der Waals surface area contributed by atoms with Crippen molar-refractivity contribution in [2.24, 2.45) is 23.2 Å². The molecule has 2 nitrogen and oxygen atoms in total. The fourth-order valence-corrected chi connectivity index (χ4v) is 5.87. The molecule has 21 heavy (non-hydrogen) atoms. The van der Waals surface area contributed by atoms with Crippen LogP contribution in [0.2, 0.25) is 0 Å². The van der Waals surface area contributed by atoms with Gasteiger partial charge in [-0.1, -0.05) is 6.92 Å². The molecule has 1 aromatic heterocycles. The summed E-state index contributed by atoms with van der Waals surface area (Å²) in [5.41, 5.74) is 1.49. The van der Waals surface area contributed by atoms with E-state index in [0.717, 1.165) is 29.7 Å². The number of hydrogen-bond acceptors (Lipinski definition) is 2. The van der Waals surface area contributed by atoms with Crippen molar-refractivity contribution >= 4 is 5.78 Å². The molecule has 4 aliphatic rings. The van der Waals surface area contributed by atoms with Crippen LogP contribution in [-0.4, -0.2) is 10.8 Å². The molecule has 0 amide bonds. The molecule has 1 heterocycles. The average molecular weight is 283 g/mol. The Bertz CT molecular complexity index is 500. The van der Waals surface area contributed by atoms with Gasteiger partial charge in [0.1, 0.15) is 5.78 Å². The Morgan fingerprint density at radius 1 is 1.14 bits per heavy atom. The van der Waals surface area contributed by atoms with Crippen LogP contribution < -0.4 is 0 Å². The molecule has 0 aliphatic heterocycles. The van der Waals surface area contributed by atoms with Crippen molar-refractivity contribution in [2.45, 2.75) is 57.8 Å². The van der Waals surface area contributed by atoms with Gasteiger partial charge in [-0.05, 0) is 79.4 Å². The zero-order chi connectivity index (χ0) is 14.4. The van der Waals surface area contributed by atoms with Crippen molar-refractivity contribution in [1.82, 2.24) is 4.98 Å².